The fourth-order valence-corrected chi connectivity index (χ4v) is 4.38. The molecule has 3 aromatic rings. The van der Waals surface area contributed by atoms with Gasteiger partial charge in [-0.15, -0.1) is 0 Å². The van der Waals surface area contributed by atoms with Gasteiger partial charge < -0.3 is 4.74 Å². The molecule has 0 aliphatic heterocycles. The number of thiazole rings is 1. The Morgan fingerprint density at radius 3 is 2.48 bits per heavy atom. The molecule has 0 bridgehead atoms. The lowest BCUT2D eigenvalue weighted by Crippen LogP contribution is -2.21. The van der Waals surface area contributed by atoms with E-state index < -0.39 is 16.1 Å². The first kappa shape index (κ1) is 20.5. The van der Waals surface area contributed by atoms with Crippen molar-refractivity contribution >= 4 is 43.5 Å². The Balaban J connectivity index is 1.70. The van der Waals surface area contributed by atoms with E-state index in [2.05, 4.69) is 30.3 Å². The summed E-state index contributed by atoms with van der Waals surface area (Å²) in [6.45, 7) is 3.39. The number of aryl methyl sites for hydroxylation is 2. The summed E-state index contributed by atoms with van der Waals surface area (Å²) < 4.78 is 32.3. The molecule has 1 aromatic carbocycles. The molecule has 3 rings (SSSR count). The minimum Gasteiger partial charge on any atom is -0.481 e. The van der Waals surface area contributed by atoms with Crippen LogP contribution in [0.2, 0.25) is 0 Å². The van der Waals surface area contributed by atoms with Gasteiger partial charge >= 0.3 is 6.03 Å². The number of methoxy groups -OCH3 is 1. The molecule has 152 valence electrons. The highest BCUT2D eigenvalue weighted by molar-refractivity contribution is 7.93. The summed E-state index contributed by atoms with van der Waals surface area (Å²) in [7, 11) is -2.31. The van der Waals surface area contributed by atoms with E-state index in [9.17, 15) is 13.2 Å². The first-order valence-corrected chi connectivity index (χ1v) is 10.6. The number of carbonyl (C=O) groups excluding carboxylic acids is 1. The maximum atomic E-state index is 12.4. The van der Waals surface area contributed by atoms with Crippen LogP contribution < -0.4 is 20.1 Å². The van der Waals surface area contributed by atoms with Crippen molar-refractivity contribution in [3.63, 3.8) is 0 Å². The second-order valence-electron chi connectivity index (χ2n) is 5.81. The van der Waals surface area contributed by atoms with Crippen molar-refractivity contribution in [3.8, 4) is 5.88 Å². The van der Waals surface area contributed by atoms with Crippen LogP contribution >= 0.6 is 11.3 Å². The molecule has 29 heavy (non-hydrogen) atoms. The number of ether oxygens (including phenoxy) is 1. The molecular formula is C17H18N6O4S2. The molecule has 2 amide bonds. The highest BCUT2D eigenvalue weighted by atomic mass is 32.2. The van der Waals surface area contributed by atoms with Crippen LogP contribution in [0.15, 0.2) is 41.3 Å². The van der Waals surface area contributed by atoms with Crippen LogP contribution in [0.1, 0.15) is 11.4 Å². The number of nitrogens with zero attached hydrogens (tertiary/aromatic N) is 3. The zero-order valence-electron chi connectivity index (χ0n) is 15.8. The lowest BCUT2D eigenvalue weighted by Gasteiger charge is -2.07. The van der Waals surface area contributed by atoms with E-state index in [0.29, 0.717) is 22.3 Å². The van der Waals surface area contributed by atoms with E-state index in [1.54, 1.807) is 38.1 Å². The second kappa shape index (κ2) is 8.41. The largest absolute Gasteiger partial charge is 0.481 e. The number of hydrogen-bond donors (Lipinski definition) is 3. The highest BCUT2D eigenvalue weighted by Crippen LogP contribution is 2.29. The van der Waals surface area contributed by atoms with Crippen molar-refractivity contribution in [2.45, 2.75) is 18.7 Å². The van der Waals surface area contributed by atoms with E-state index >= 15 is 0 Å². The van der Waals surface area contributed by atoms with Crippen LogP contribution in [0, 0.1) is 13.8 Å². The Kier molecular flexibility index (Phi) is 5.94. The Bertz CT molecular complexity index is 1130. The van der Waals surface area contributed by atoms with Gasteiger partial charge in [-0.25, -0.2) is 23.2 Å². The number of nitrogens with one attached hydrogen (secondary N) is 3. The molecule has 0 spiro atoms. The van der Waals surface area contributed by atoms with Gasteiger partial charge in [0.25, 0.3) is 10.0 Å². The van der Waals surface area contributed by atoms with Crippen molar-refractivity contribution in [3.05, 3.63) is 47.8 Å². The molecule has 0 saturated heterocycles. The third-order valence-corrected chi connectivity index (χ3v) is 6.04. The maximum Gasteiger partial charge on any atom is 0.326 e. The molecule has 0 unspecified atom stereocenters. The van der Waals surface area contributed by atoms with Gasteiger partial charge in [0.1, 0.15) is 5.00 Å². The van der Waals surface area contributed by atoms with Gasteiger partial charge in [-0.1, -0.05) is 29.5 Å². The molecular weight excluding hydrogens is 416 g/mol. The van der Waals surface area contributed by atoms with Crippen LogP contribution in [-0.4, -0.2) is 36.5 Å². The molecule has 2 heterocycles. The molecule has 0 fully saturated rings. The predicted octanol–water partition coefficient (Wildman–Crippen LogP) is 3.00. The number of hydrogen-bond acceptors (Lipinski definition) is 8. The third kappa shape index (κ3) is 5.18. The van der Waals surface area contributed by atoms with Gasteiger partial charge in [0.2, 0.25) is 11.8 Å². The van der Waals surface area contributed by atoms with E-state index in [1.165, 1.54) is 19.2 Å². The Hall–Kier alpha value is -3.25. The summed E-state index contributed by atoms with van der Waals surface area (Å²) in [5.41, 5.74) is 1.08. The van der Waals surface area contributed by atoms with Crippen molar-refractivity contribution < 1.29 is 17.9 Å². The minimum atomic E-state index is -3.77. The number of rotatable bonds is 6. The average molecular weight is 435 g/mol. The molecule has 2 aromatic heterocycles. The summed E-state index contributed by atoms with van der Waals surface area (Å²) in [5, 5.41) is 5.63. The topological polar surface area (TPSA) is 135 Å². The summed E-state index contributed by atoms with van der Waals surface area (Å²) in [4.78, 5) is 24.7. The van der Waals surface area contributed by atoms with Crippen LogP contribution in [0.25, 0.3) is 0 Å². The van der Waals surface area contributed by atoms with Gasteiger partial charge in [0.15, 0.2) is 5.13 Å². The SMILES string of the molecule is COc1cc(C)nc(NC(=O)Nc2sc(NS(=O)(=O)c3ccccc3)nc2C)n1. The van der Waals surface area contributed by atoms with Crippen LogP contribution in [0.3, 0.4) is 0 Å². The highest BCUT2D eigenvalue weighted by Gasteiger charge is 2.18. The molecule has 0 atom stereocenters. The van der Waals surface area contributed by atoms with E-state index in [1.807, 2.05) is 0 Å². The number of aromatic nitrogens is 3. The molecule has 0 aliphatic rings. The molecule has 10 nitrogen and oxygen atoms in total. The van der Waals surface area contributed by atoms with Gasteiger partial charge in [0.05, 0.1) is 17.7 Å². The summed E-state index contributed by atoms with van der Waals surface area (Å²) in [6.07, 6.45) is 0. The number of benzene rings is 1. The smallest absolute Gasteiger partial charge is 0.326 e. The average Bonchev–Trinajstić information content (AvgIpc) is 2.99. The van der Waals surface area contributed by atoms with Gasteiger partial charge in [-0.2, -0.15) is 4.98 Å². The fourth-order valence-electron chi connectivity index (χ4n) is 2.27. The zero-order chi connectivity index (χ0) is 21.0. The lowest BCUT2D eigenvalue weighted by molar-refractivity contribution is 0.262. The minimum absolute atomic E-state index is 0.0755. The Morgan fingerprint density at radius 1 is 1.07 bits per heavy atom. The fraction of sp³-hybridized carbons (Fsp3) is 0.176. The van der Waals surface area contributed by atoms with Crippen molar-refractivity contribution in [2.24, 2.45) is 0 Å². The summed E-state index contributed by atoms with van der Waals surface area (Å²) in [5.74, 6) is 0.394. The van der Waals surface area contributed by atoms with Crippen LogP contribution in [-0.2, 0) is 10.0 Å². The van der Waals surface area contributed by atoms with Crippen molar-refractivity contribution in [2.75, 3.05) is 22.5 Å². The third-order valence-electron chi connectivity index (χ3n) is 3.56. The van der Waals surface area contributed by atoms with Crippen molar-refractivity contribution in [1.82, 2.24) is 15.0 Å². The molecule has 0 saturated carbocycles. The first-order chi connectivity index (χ1) is 13.8. The van der Waals surface area contributed by atoms with Crippen LogP contribution in [0.4, 0.5) is 20.9 Å². The lowest BCUT2D eigenvalue weighted by atomic mass is 10.4. The summed E-state index contributed by atoms with van der Waals surface area (Å²) in [6, 6.07) is 8.96. The van der Waals surface area contributed by atoms with Gasteiger partial charge in [0, 0.05) is 11.8 Å². The summed E-state index contributed by atoms with van der Waals surface area (Å²) >= 11 is 0.992. The van der Waals surface area contributed by atoms with E-state index in [4.69, 9.17) is 4.74 Å². The van der Waals surface area contributed by atoms with Gasteiger partial charge in [-0.05, 0) is 26.0 Å². The Morgan fingerprint density at radius 2 is 1.79 bits per heavy atom. The van der Waals surface area contributed by atoms with E-state index in [0.717, 1.165) is 11.3 Å². The maximum absolute atomic E-state index is 12.4. The number of urea groups is 1. The standard InChI is InChI=1S/C17H18N6O4S2/c1-10-9-13(27-3)20-15(18-10)22-16(24)21-14-11(2)19-17(28-14)23-29(25,26)12-7-5-4-6-8-12/h4-9H,1-3H3,(H,19,23)(H2,18,20,21,22,24). The number of anilines is 3. The molecule has 3 N–H and O–H groups in total. The second-order valence-corrected chi connectivity index (χ2v) is 8.49. The Labute approximate surface area is 171 Å². The molecule has 0 aliphatic carbocycles. The van der Waals surface area contributed by atoms with Crippen LogP contribution in [0.5, 0.6) is 5.88 Å². The zero-order valence-corrected chi connectivity index (χ0v) is 17.4. The predicted molar refractivity (Wildman–Crippen MR) is 110 cm³/mol. The number of amides is 2. The monoisotopic (exact) mass is 434 g/mol. The van der Waals surface area contributed by atoms with E-state index in [-0.39, 0.29) is 16.0 Å². The molecule has 12 heteroatoms. The number of sulfonamides is 1. The first-order valence-electron chi connectivity index (χ1n) is 8.30. The quantitative estimate of drug-likeness (QED) is 0.543. The van der Waals surface area contributed by atoms with Crippen molar-refractivity contribution in [1.29, 1.82) is 0 Å². The van der Waals surface area contributed by atoms with Gasteiger partial charge in [-0.3, -0.25) is 15.4 Å². The normalized spacial score (nSPS) is 11.0. The number of carbonyl (C=O) groups is 1. The molecule has 0 radical (unpaired) electrons.